The minimum Gasteiger partial charge on any atom is -0.378 e. The number of ether oxygens (including phenoxy) is 1. The molecule has 22 heavy (non-hydrogen) atoms. The second kappa shape index (κ2) is 13.1. The Labute approximate surface area is 138 Å². The number of ketones is 1. The van der Waals surface area contributed by atoms with Crippen molar-refractivity contribution in [2.45, 2.75) is 110 Å². The molecule has 1 fully saturated rings. The van der Waals surface area contributed by atoms with Gasteiger partial charge < -0.3 is 4.74 Å². The highest BCUT2D eigenvalue weighted by Gasteiger charge is 2.23. The van der Waals surface area contributed by atoms with Crippen molar-refractivity contribution in [2.24, 2.45) is 5.92 Å². The number of Topliss-reactive ketones (excluding diaryl/α,β-unsaturated/α-hetero) is 1. The summed E-state index contributed by atoms with van der Waals surface area (Å²) in [5.41, 5.74) is 0. The van der Waals surface area contributed by atoms with Crippen LogP contribution in [0.25, 0.3) is 0 Å². The van der Waals surface area contributed by atoms with Crippen LogP contribution < -0.4 is 0 Å². The number of carbonyl (C=O) groups is 1. The van der Waals surface area contributed by atoms with Crippen molar-refractivity contribution in [1.82, 2.24) is 0 Å². The third-order valence-electron chi connectivity index (χ3n) is 5.10. The Morgan fingerprint density at radius 2 is 1.32 bits per heavy atom. The largest absolute Gasteiger partial charge is 0.378 e. The third-order valence-corrected chi connectivity index (χ3v) is 5.10. The highest BCUT2D eigenvalue weighted by molar-refractivity contribution is 5.78. The highest BCUT2D eigenvalue weighted by Crippen LogP contribution is 2.26. The molecule has 0 heterocycles. The Balaban J connectivity index is 1.81. The number of hydrogen-bond acceptors (Lipinski definition) is 2. The van der Waals surface area contributed by atoms with Gasteiger partial charge in [0.15, 0.2) is 0 Å². The van der Waals surface area contributed by atoms with E-state index in [9.17, 15) is 4.79 Å². The molecule has 0 radical (unpaired) electrons. The molecule has 0 saturated heterocycles. The zero-order chi connectivity index (χ0) is 16.0. The standard InChI is InChI=1S/C20H38O2/c1-3-4-5-6-7-8-9-10-11-12-17-22-20-15-13-19(14-16-20)18(2)21/h19-20H,3-17H2,1-2H3. The van der Waals surface area contributed by atoms with E-state index >= 15 is 0 Å². The highest BCUT2D eigenvalue weighted by atomic mass is 16.5. The molecule has 0 aromatic heterocycles. The molecule has 0 N–H and O–H groups in total. The zero-order valence-corrected chi connectivity index (χ0v) is 15.1. The molecular weight excluding hydrogens is 272 g/mol. The van der Waals surface area contributed by atoms with Crippen LogP contribution in [0.2, 0.25) is 0 Å². The summed E-state index contributed by atoms with van der Waals surface area (Å²) in [5, 5.41) is 0. The molecule has 0 bridgehead atoms. The molecule has 2 heteroatoms. The van der Waals surface area contributed by atoms with E-state index in [2.05, 4.69) is 6.92 Å². The van der Waals surface area contributed by atoms with Gasteiger partial charge >= 0.3 is 0 Å². The van der Waals surface area contributed by atoms with Crippen LogP contribution in [0.15, 0.2) is 0 Å². The Morgan fingerprint density at radius 1 is 0.818 bits per heavy atom. The number of unbranched alkanes of at least 4 members (excludes halogenated alkanes) is 9. The predicted molar refractivity (Wildman–Crippen MR) is 94.2 cm³/mol. The Morgan fingerprint density at radius 3 is 1.82 bits per heavy atom. The van der Waals surface area contributed by atoms with Crippen molar-refractivity contribution in [3.63, 3.8) is 0 Å². The van der Waals surface area contributed by atoms with Crippen LogP contribution in [-0.2, 0) is 9.53 Å². The van der Waals surface area contributed by atoms with Gasteiger partial charge in [0.05, 0.1) is 6.10 Å². The summed E-state index contributed by atoms with van der Waals surface area (Å²) in [4.78, 5) is 11.3. The summed E-state index contributed by atoms with van der Waals surface area (Å²) in [6.07, 6.45) is 18.4. The van der Waals surface area contributed by atoms with Crippen LogP contribution in [0.3, 0.4) is 0 Å². The lowest BCUT2D eigenvalue weighted by molar-refractivity contribution is -0.122. The quantitative estimate of drug-likeness (QED) is 0.386. The van der Waals surface area contributed by atoms with Crippen LogP contribution >= 0.6 is 0 Å². The first-order valence-electron chi connectivity index (χ1n) is 9.86. The van der Waals surface area contributed by atoms with Crippen molar-refractivity contribution in [1.29, 1.82) is 0 Å². The van der Waals surface area contributed by atoms with Crippen molar-refractivity contribution >= 4 is 5.78 Å². The second-order valence-corrected chi connectivity index (χ2v) is 7.14. The summed E-state index contributed by atoms with van der Waals surface area (Å²) in [6, 6.07) is 0. The lowest BCUT2D eigenvalue weighted by Crippen LogP contribution is -2.25. The number of hydrogen-bond donors (Lipinski definition) is 0. The topological polar surface area (TPSA) is 26.3 Å². The molecule has 0 atom stereocenters. The molecule has 0 amide bonds. The first kappa shape index (κ1) is 19.7. The normalized spacial score (nSPS) is 21.9. The molecule has 2 nitrogen and oxygen atoms in total. The number of carbonyl (C=O) groups excluding carboxylic acids is 1. The zero-order valence-electron chi connectivity index (χ0n) is 15.1. The van der Waals surface area contributed by atoms with E-state index in [-0.39, 0.29) is 0 Å². The van der Waals surface area contributed by atoms with Gasteiger partial charge in [-0.3, -0.25) is 4.79 Å². The molecule has 0 unspecified atom stereocenters. The first-order chi connectivity index (χ1) is 10.7. The molecular formula is C20H38O2. The van der Waals surface area contributed by atoms with E-state index in [0.29, 0.717) is 17.8 Å². The minimum atomic E-state index is 0.317. The molecule has 130 valence electrons. The van der Waals surface area contributed by atoms with Gasteiger partial charge in [0, 0.05) is 12.5 Å². The fourth-order valence-electron chi connectivity index (χ4n) is 3.48. The van der Waals surface area contributed by atoms with Crippen LogP contribution in [0.1, 0.15) is 104 Å². The molecule has 1 saturated carbocycles. The molecule has 0 aliphatic heterocycles. The van der Waals surface area contributed by atoms with Crippen molar-refractivity contribution in [3.8, 4) is 0 Å². The average Bonchev–Trinajstić information content (AvgIpc) is 2.53. The van der Waals surface area contributed by atoms with Crippen molar-refractivity contribution in [2.75, 3.05) is 6.61 Å². The Hall–Kier alpha value is -0.370. The maximum atomic E-state index is 11.3. The van der Waals surface area contributed by atoms with E-state index in [1.54, 1.807) is 6.92 Å². The van der Waals surface area contributed by atoms with Crippen molar-refractivity contribution in [3.05, 3.63) is 0 Å². The fourth-order valence-corrected chi connectivity index (χ4v) is 3.48. The molecule has 1 aliphatic rings. The van der Waals surface area contributed by atoms with E-state index in [4.69, 9.17) is 4.74 Å². The van der Waals surface area contributed by atoms with Gasteiger partial charge in [-0.25, -0.2) is 0 Å². The molecule has 0 spiro atoms. The smallest absolute Gasteiger partial charge is 0.132 e. The summed E-state index contributed by atoms with van der Waals surface area (Å²) in [7, 11) is 0. The SMILES string of the molecule is CCCCCCCCCCCCOC1CCC(C(C)=O)CC1. The van der Waals surface area contributed by atoms with Gasteiger partial charge in [0.1, 0.15) is 5.78 Å². The molecule has 1 rings (SSSR count). The maximum absolute atomic E-state index is 11.3. The van der Waals surface area contributed by atoms with Gasteiger partial charge in [-0.05, 0) is 39.0 Å². The van der Waals surface area contributed by atoms with Gasteiger partial charge in [-0.2, -0.15) is 0 Å². The molecule has 0 aromatic rings. The first-order valence-corrected chi connectivity index (χ1v) is 9.86. The van der Waals surface area contributed by atoms with Crippen LogP contribution in [0, 0.1) is 5.92 Å². The lowest BCUT2D eigenvalue weighted by atomic mass is 9.85. The summed E-state index contributed by atoms with van der Waals surface area (Å²) in [5.74, 6) is 0.685. The maximum Gasteiger partial charge on any atom is 0.132 e. The Bertz CT molecular complexity index is 267. The molecule has 1 aliphatic carbocycles. The summed E-state index contributed by atoms with van der Waals surface area (Å²) < 4.78 is 5.97. The fraction of sp³-hybridized carbons (Fsp3) is 0.950. The van der Waals surface area contributed by atoms with E-state index in [1.807, 2.05) is 0 Å². The average molecular weight is 311 g/mol. The van der Waals surface area contributed by atoms with Crippen LogP contribution in [0.4, 0.5) is 0 Å². The lowest BCUT2D eigenvalue weighted by Gasteiger charge is -2.27. The van der Waals surface area contributed by atoms with Gasteiger partial charge in [0.2, 0.25) is 0 Å². The van der Waals surface area contributed by atoms with Gasteiger partial charge in [0.25, 0.3) is 0 Å². The van der Waals surface area contributed by atoms with E-state index < -0.39 is 0 Å². The second-order valence-electron chi connectivity index (χ2n) is 7.14. The van der Waals surface area contributed by atoms with E-state index in [0.717, 1.165) is 32.3 Å². The van der Waals surface area contributed by atoms with Gasteiger partial charge in [-0.15, -0.1) is 0 Å². The van der Waals surface area contributed by atoms with Gasteiger partial charge in [-0.1, -0.05) is 64.7 Å². The molecule has 0 aromatic carbocycles. The van der Waals surface area contributed by atoms with Crippen LogP contribution in [-0.4, -0.2) is 18.5 Å². The summed E-state index contributed by atoms with van der Waals surface area (Å²) in [6.45, 7) is 4.93. The third kappa shape index (κ3) is 9.61. The Kier molecular flexibility index (Phi) is 11.7. The van der Waals surface area contributed by atoms with Crippen LogP contribution in [0.5, 0.6) is 0 Å². The predicted octanol–water partition coefficient (Wildman–Crippen LogP) is 6.07. The minimum absolute atomic E-state index is 0.317. The number of rotatable bonds is 13. The van der Waals surface area contributed by atoms with Crippen molar-refractivity contribution < 1.29 is 9.53 Å². The van der Waals surface area contributed by atoms with E-state index in [1.165, 1.54) is 64.2 Å². The monoisotopic (exact) mass is 310 g/mol. The summed E-state index contributed by atoms with van der Waals surface area (Å²) >= 11 is 0.